The minimum absolute atomic E-state index is 0.0520. The average molecular weight is 321 g/mol. The summed E-state index contributed by atoms with van der Waals surface area (Å²) >= 11 is 7.22. The van der Waals surface area contributed by atoms with Gasteiger partial charge in [0.1, 0.15) is 0 Å². The van der Waals surface area contributed by atoms with Crippen molar-refractivity contribution in [3.8, 4) is 0 Å². The molecule has 2 rings (SSSR count). The van der Waals surface area contributed by atoms with Gasteiger partial charge in [-0.15, -0.1) is 0 Å². The maximum atomic E-state index is 12.4. The summed E-state index contributed by atoms with van der Waals surface area (Å²) in [5.74, 6) is 0.0520. The molecule has 110 valence electrons. The van der Waals surface area contributed by atoms with E-state index in [9.17, 15) is 4.79 Å². The first-order chi connectivity index (χ1) is 9.88. The van der Waals surface area contributed by atoms with Crippen molar-refractivity contribution in [2.45, 2.75) is 38.1 Å². The molecule has 0 saturated carbocycles. The predicted molar refractivity (Wildman–Crippen MR) is 87.3 cm³/mol. The van der Waals surface area contributed by atoms with Crippen LogP contribution in [0.2, 0.25) is 5.02 Å². The molecule has 0 aliphatic carbocycles. The molecule has 0 unspecified atom stereocenters. The summed E-state index contributed by atoms with van der Waals surface area (Å²) in [7, 11) is 0. The van der Waals surface area contributed by atoms with E-state index in [1.54, 1.807) is 24.3 Å². The lowest BCUT2D eigenvalue weighted by Gasteiger charge is -2.11. The topological polar surface area (TPSA) is 42.9 Å². The Morgan fingerprint density at radius 3 is 2.14 bits per heavy atom. The summed E-state index contributed by atoms with van der Waals surface area (Å²) in [4.78, 5) is 21.3. The van der Waals surface area contributed by atoms with Crippen molar-refractivity contribution >= 4 is 29.1 Å². The van der Waals surface area contributed by atoms with Crippen molar-refractivity contribution in [1.82, 2.24) is 9.97 Å². The lowest BCUT2D eigenvalue weighted by atomic mass is 10.1. The number of Topliss-reactive ketones (excluding diaryl/α,β-unsaturated/α-hetero) is 1. The molecule has 1 heterocycles. The first-order valence-electron chi connectivity index (χ1n) is 6.66. The molecular weight excluding hydrogens is 304 g/mol. The maximum absolute atomic E-state index is 12.4. The van der Waals surface area contributed by atoms with Gasteiger partial charge in [0.25, 0.3) is 0 Å². The highest BCUT2D eigenvalue weighted by Gasteiger charge is 2.18. The zero-order valence-electron chi connectivity index (χ0n) is 12.5. The van der Waals surface area contributed by atoms with Gasteiger partial charge in [0.05, 0.1) is 5.25 Å². The third-order valence-electron chi connectivity index (χ3n) is 3.39. The summed E-state index contributed by atoms with van der Waals surface area (Å²) in [6.07, 6.45) is 0. The van der Waals surface area contributed by atoms with Gasteiger partial charge in [0, 0.05) is 22.0 Å². The van der Waals surface area contributed by atoms with Crippen LogP contribution in [-0.2, 0) is 0 Å². The molecule has 3 nitrogen and oxygen atoms in total. The van der Waals surface area contributed by atoms with Crippen molar-refractivity contribution in [1.29, 1.82) is 0 Å². The zero-order chi connectivity index (χ0) is 15.6. The van der Waals surface area contributed by atoms with E-state index < -0.39 is 0 Å². The van der Waals surface area contributed by atoms with Crippen LogP contribution in [0.3, 0.4) is 0 Å². The number of rotatable bonds is 4. The van der Waals surface area contributed by atoms with Crippen LogP contribution >= 0.6 is 23.4 Å². The fourth-order valence-corrected chi connectivity index (χ4v) is 2.92. The maximum Gasteiger partial charge on any atom is 0.188 e. The van der Waals surface area contributed by atoms with Crippen molar-refractivity contribution < 1.29 is 4.79 Å². The lowest BCUT2D eigenvalue weighted by molar-refractivity contribution is 0.0994. The summed E-state index contributed by atoms with van der Waals surface area (Å²) < 4.78 is 0. The fourth-order valence-electron chi connectivity index (χ4n) is 1.85. The molecule has 0 fully saturated rings. The molecule has 0 radical (unpaired) electrons. The summed E-state index contributed by atoms with van der Waals surface area (Å²) in [6.45, 7) is 7.79. The lowest BCUT2D eigenvalue weighted by Crippen LogP contribution is -2.14. The van der Waals surface area contributed by atoms with Crippen LogP contribution < -0.4 is 0 Å². The van der Waals surface area contributed by atoms with Crippen molar-refractivity contribution in [3.05, 3.63) is 51.8 Å². The molecule has 0 aliphatic heterocycles. The van der Waals surface area contributed by atoms with Crippen LogP contribution in [-0.4, -0.2) is 21.0 Å². The molecule has 1 atom stereocenters. The van der Waals surface area contributed by atoms with Gasteiger partial charge in [-0.05, 0) is 57.5 Å². The number of ketones is 1. The highest BCUT2D eigenvalue weighted by molar-refractivity contribution is 8.00. The van der Waals surface area contributed by atoms with E-state index in [0.29, 0.717) is 15.7 Å². The first kappa shape index (κ1) is 16.0. The van der Waals surface area contributed by atoms with Gasteiger partial charge < -0.3 is 0 Å². The Kier molecular flexibility index (Phi) is 5.01. The smallest absolute Gasteiger partial charge is 0.188 e. The SMILES string of the molecule is Cc1nc(S[C@@H](C)C(=O)c2ccc(Cl)cc2)nc(C)c1C. The Morgan fingerprint density at radius 2 is 1.62 bits per heavy atom. The molecule has 2 aromatic rings. The van der Waals surface area contributed by atoms with Gasteiger partial charge in [0.15, 0.2) is 10.9 Å². The summed E-state index contributed by atoms with van der Waals surface area (Å²) in [6, 6.07) is 6.94. The van der Waals surface area contributed by atoms with Gasteiger partial charge in [-0.2, -0.15) is 0 Å². The number of carbonyl (C=O) groups excluding carboxylic acids is 1. The molecule has 0 aliphatic rings. The molecule has 21 heavy (non-hydrogen) atoms. The Bertz CT molecular complexity index is 647. The normalized spacial score (nSPS) is 12.2. The van der Waals surface area contributed by atoms with Crippen LogP contribution in [0.5, 0.6) is 0 Å². The second-order valence-electron chi connectivity index (χ2n) is 4.93. The molecule has 1 aromatic carbocycles. The molecule has 0 saturated heterocycles. The van der Waals surface area contributed by atoms with E-state index in [1.807, 2.05) is 27.7 Å². The molecule has 0 bridgehead atoms. The van der Waals surface area contributed by atoms with E-state index in [4.69, 9.17) is 11.6 Å². The zero-order valence-corrected chi connectivity index (χ0v) is 14.0. The second-order valence-corrected chi connectivity index (χ2v) is 6.68. The number of hydrogen-bond acceptors (Lipinski definition) is 4. The highest BCUT2D eigenvalue weighted by atomic mass is 35.5. The van der Waals surface area contributed by atoms with Crippen LogP contribution in [0.15, 0.2) is 29.4 Å². The van der Waals surface area contributed by atoms with Crippen LogP contribution in [0.4, 0.5) is 0 Å². The van der Waals surface area contributed by atoms with E-state index in [0.717, 1.165) is 17.0 Å². The Morgan fingerprint density at radius 1 is 1.10 bits per heavy atom. The van der Waals surface area contributed by atoms with Crippen molar-refractivity contribution in [2.24, 2.45) is 0 Å². The number of aryl methyl sites for hydroxylation is 2. The van der Waals surface area contributed by atoms with Crippen LogP contribution in [0, 0.1) is 20.8 Å². The largest absolute Gasteiger partial charge is 0.293 e. The van der Waals surface area contributed by atoms with E-state index in [1.165, 1.54) is 11.8 Å². The number of benzene rings is 1. The Balaban J connectivity index is 2.16. The number of carbonyl (C=O) groups is 1. The third kappa shape index (κ3) is 3.83. The molecule has 0 amide bonds. The molecule has 0 spiro atoms. The quantitative estimate of drug-likeness (QED) is 0.475. The van der Waals surface area contributed by atoms with Gasteiger partial charge in [-0.3, -0.25) is 4.79 Å². The predicted octanol–water partition coefficient (Wildman–Crippen LogP) is 4.42. The van der Waals surface area contributed by atoms with Gasteiger partial charge in [0.2, 0.25) is 0 Å². The molecule has 0 N–H and O–H groups in total. The minimum Gasteiger partial charge on any atom is -0.293 e. The first-order valence-corrected chi connectivity index (χ1v) is 7.92. The van der Waals surface area contributed by atoms with Gasteiger partial charge in [-0.25, -0.2) is 9.97 Å². The monoisotopic (exact) mass is 320 g/mol. The average Bonchev–Trinajstić information content (AvgIpc) is 2.44. The summed E-state index contributed by atoms with van der Waals surface area (Å²) in [5.41, 5.74) is 3.66. The summed E-state index contributed by atoms with van der Waals surface area (Å²) in [5, 5.41) is 1.03. The van der Waals surface area contributed by atoms with Crippen molar-refractivity contribution in [2.75, 3.05) is 0 Å². The number of thioether (sulfide) groups is 1. The highest BCUT2D eigenvalue weighted by Crippen LogP contribution is 2.24. The minimum atomic E-state index is -0.243. The fraction of sp³-hybridized carbons (Fsp3) is 0.312. The number of hydrogen-bond donors (Lipinski definition) is 0. The standard InChI is InChI=1S/C16H17ClN2OS/c1-9-10(2)18-16(19-11(9)3)21-12(4)15(20)13-5-7-14(17)8-6-13/h5-8,12H,1-4H3/t12-/m0/s1. The Labute approximate surface area is 134 Å². The Hall–Kier alpha value is -1.39. The number of halogens is 1. The molecular formula is C16H17ClN2OS. The van der Waals surface area contributed by atoms with Crippen LogP contribution in [0.25, 0.3) is 0 Å². The number of nitrogens with zero attached hydrogens (tertiary/aromatic N) is 2. The third-order valence-corrected chi connectivity index (χ3v) is 4.61. The molecule has 1 aromatic heterocycles. The van der Waals surface area contributed by atoms with Crippen LogP contribution in [0.1, 0.15) is 34.2 Å². The van der Waals surface area contributed by atoms with E-state index >= 15 is 0 Å². The second kappa shape index (κ2) is 6.58. The number of aromatic nitrogens is 2. The van der Waals surface area contributed by atoms with Gasteiger partial charge >= 0.3 is 0 Å². The molecule has 5 heteroatoms. The van der Waals surface area contributed by atoms with Crippen molar-refractivity contribution in [3.63, 3.8) is 0 Å². The van der Waals surface area contributed by atoms with Gasteiger partial charge in [-0.1, -0.05) is 23.4 Å². The van der Waals surface area contributed by atoms with E-state index in [2.05, 4.69) is 9.97 Å². The van der Waals surface area contributed by atoms with E-state index in [-0.39, 0.29) is 11.0 Å².